The molecule has 1 saturated carbocycles. The number of ether oxygens (including phenoxy) is 2. The predicted octanol–water partition coefficient (Wildman–Crippen LogP) is 2.39. The van der Waals surface area contributed by atoms with Gasteiger partial charge in [0.15, 0.2) is 0 Å². The molecule has 1 aromatic carbocycles. The van der Waals surface area contributed by atoms with E-state index in [1.807, 2.05) is 0 Å². The summed E-state index contributed by atoms with van der Waals surface area (Å²) in [6, 6.07) is 5.03. The summed E-state index contributed by atoms with van der Waals surface area (Å²) in [6.45, 7) is -6.04. The zero-order chi connectivity index (χ0) is 26.6. The maximum absolute atomic E-state index is 10.3. The normalized spacial score (nSPS) is 33.5. The molecule has 0 aliphatic heterocycles. The van der Waals surface area contributed by atoms with Crippen LogP contribution < -0.4 is 10.1 Å². The minimum atomic E-state index is -3.31. The van der Waals surface area contributed by atoms with Gasteiger partial charge in [0, 0.05) is 28.7 Å². The van der Waals surface area contributed by atoms with Crippen molar-refractivity contribution >= 4 is 0 Å². The maximum Gasteiger partial charge on any atom is 0.119 e. The van der Waals surface area contributed by atoms with Gasteiger partial charge in [-0.2, -0.15) is 0 Å². The first kappa shape index (κ1) is 7.20. The summed E-state index contributed by atoms with van der Waals surface area (Å²) >= 11 is 0. The van der Waals surface area contributed by atoms with Crippen LogP contribution in [0, 0.1) is 5.89 Å². The van der Waals surface area contributed by atoms with E-state index in [2.05, 4.69) is 5.32 Å². The van der Waals surface area contributed by atoms with Gasteiger partial charge in [0.05, 0.1) is 13.5 Å². The van der Waals surface area contributed by atoms with Gasteiger partial charge in [0.25, 0.3) is 0 Å². The average molecular weight is 320 g/mol. The molecule has 0 heterocycles. The van der Waals surface area contributed by atoms with Crippen LogP contribution in [0.1, 0.15) is 48.6 Å². The number of benzene rings is 1. The summed E-state index contributed by atoms with van der Waals surface area (Å²) < 4.78 is 103. The van der Waals surface area contributed by atoms with E-state index in [1.165, 1.54) is 24.3 Å². The minimum Gasteiger partial charge on any atom is -0.491 e. The van der Waals surface area contributed by atoms with Crippen molar-refractivity contribution in [3.63, 3.8) is 0 Å². The summed E-state index contributed by atoms with van der Waals surface area (Å²) in [4.78, 5) is 0. The second-order valence-electron chi connectivity index (χ2n) is 4.95. The zero-order valence-corrected chi connectivity index (χ0v) is 12.6. The van der Waals surface area contributed by atoms with E-state index in [1.54, 1.807) is 13.8 Å². The van der Waals surface area contributed by atoms with Crippen LogP contribution >= 0.6 is 0 Å². The van der Waals surface area contributed by atoms with Gasteiger partial charge in [0.2, 0.25) is 0 Å². The first-order chi connectivity index (χ1) is 15.1. The van der Waals surface area contributed by atoms with Gasteiger partial charge < -0.3 is 19.9 Å². The second-order valence-corrected chi connectivity index (χ2v) is 4.95. The van der Waals surface area contributed by atoms with Gasteiger partial charge in [-0.05, 0) is 42.8 Å². The van der Waals surface area contributed by atoms with E-state index in [-0.39, 0.29) is 18.8 Å². The Morgan fingerprint density at radius 3 is 2.82 bits per heavy atom. The Morgan fingerprint density at radius 2 is 2.18 bits per heavy atom. The standard InChI is InChI=1S/C18H29NO3/c1-14(2)19-11-17(20)13-22-18-7-5-15(6-8-18)9-10-21-12-16-3-4-16/h5-8,14,16-17,19-20H,3-4,9-13H2,1-2H3/i3D2,4D2,11D2,12D2,13D2,16D,17D. The topological polar surface area (TPSA) is 50.7 Å². The summed E-state index contributed by atoms with van der Waals surface area (Å²) in [5.74, 6) is -2.82. The fourth-order valence-electron chi connectivity index (χ4n) is 1.44. The molecule has 4 heteroatoms. The zero-order valence-electron chi connectivity index (χ0n) is 24.6. The molecule has 0 spiro atoms. The summed E-state index contributed by atoms with van der Waals surface area (Å²) in [5, 5.41) is 12.6. The molecule has 2 N–H and O–H groups in total. The Morgan fingerprint density at radius 1 is 1.45 bits per heavy atom. The molecule has 1 atom stereocenters. The van der Waals surface area contributed by atoms with Gasteiger partial charge in [-0.1, -0.05) is 26.0 Å². The van der Waals surface area contributed by atoms with Crippen LogP contribution in [0.3, 0.4) is 0 Å². The van der Waals surface area contributed by atoms with Gasteiger partial charge >= 0.3 is 0 Å². The monoisotopic (exact) mass is 319 g/mol. The SMILES string of the molecule is [2H]C([2H])(NC(C)C)C([2H])(O)C([2H])([2H])Oc1ccc(CCOC([2H])([2H])C2([2H])C([2H])([2H])C2([2H])[2H])cc1. The Bertz CT molecular complexity index is 859. The number of nitrogens with one attached hydrogen (secondary N) is 1. The molecule has 1 fully saturated rings. The molecule has 1 aliphatic rings. The highest BCUT2D eigenvalue weighted by atomic mass is 16.5. The first-order valence-corrected chi connectivity index (χ1v) is 6.99. The fourth-order valence-corrected chi connectivity index (χ4v) is 1.44. The molecule has 0 saturated heterocycles. The van der Waals surface area contributed by atoms with Crippen molar-refractivity contribution < 1.29 is 31.0 Å². The van der Waals surface area contributed by atoms with Gasteiger partial charge in [-0.25, -0.2) is 0 Å². The summed E-state index contributed by atoms with van der Waals surface area (Å²) in [5.41, 5.74) is 0.558. The fraction of sp³-hybridized carbons (Fsp3) is 0.667. The Hall–Kier alpha value is -1.10. The Kier molecular flexibility index (Phi) is 2.99. The van der Waals surface area contributed by atoms with Crippen molar-refractivity contribution in [2.45, 2.75) is 45.1 Å². The molecular weight excluding hydrogens is 278 g/mol. The lowest BCUT2D eigenvalue weighted by Crippen LogP contribution is -2.35. The number of hydrogen-bond donors (Lipinski definition) is 2. The van der Waals surface area contributed by atoms with Crippen LogP contribution in [0.5, 0.6) is 5.75 Å². The van der Waals surface area contributed by atoms with Crippen LogP contribution in [0.4, 0.5) is 0 Å². The molecule has 0 aromatic heterocycles. The maximum atomic E-state index is 10.3. The molecule has 2 rings (SSSR count). The summed E-state index contributed by atoms with van der Waals surface area (Å²) in [7, 11) is 0. The molecule has 0 amide bonds. The molecular formula is C18H29NO3. The number of aliphatic hydroxyl groups is 1. The van der Waals surface area contributed by atoms with Crippen molar-refractivity contribution in [3.05, 3.63) is 29.8 Å². The lowest BCUT2D eigenvalue weighted by molar-refractivity contribution is 0.104. The van der Waals surface area contributed by atoms with E-state index in [0.717, 1.165) is 0 Å². The highest BCUT2D eigenvalue weighted by Gasteiger charge is 2.20. The highest BCUT2D eigenvalue weighted by Crippen LogP contribution is 2.28. The third-order valence-corrected chi connectivity index (χ3v) is 2.59. The predicted molar refractivity (Wildman–Crippen MR) is 88.3 cm³/mol. The van der Waals surface area contributed by atoms with E-state index >= 15 is 0 Å². The third kappa shape index (κ3) is 7.25. The number of hydrogen-bond acceptors (Lipinski definition) is 4. The number of rotatable bonds is 11. The van der Waals surface area contributed by atoms with E-state index in [9.17, 15) is 5.11 Å². The van der Waals surface area contributed by atoms with Crippen molar-refractivity contribution in [3.8, 4) is 5.75 Å². The molecule has 1 aromatic rings. The molecule has 0 radical (unpaired) electrons. The van der Waals surface area contributed by atoms with Crippen molar-refractivity contribution in [1.29, 1.82) is 0 Å². The molecule has 4 nitrogen and oxygen atoms in total. The van der Waals surface area contributed by atoms with Crippen molar-refractivity contribution in [2.24, 2.45) is 5.89 Å². The van der Waals surface area contributed by atoms with Crippen molar-refractivity contribution in [1.82, 2.24) is 5.32 Å². The first-order valence-electron chi connectivity index (χ1n) is 13.0. The minimum absolute atomic E-state index is 0.0952. The smallest absolute Gasteiger partial charge is 0.119 e. The molecule has 1 unspecified atom stereocenters. The molecule has 22 heavy (non-hydrogen) atoms. The molecule has 0 bridgehead atoms. The van der Waals surface area contributed by atoms with E-state index < -0.39 is 50.4 Å². The van der Waals surface area contributed by atoms with Crippen LogP contribution in [-0.4, -0.2) is 43.5 Å². The largest absolute Gasteiger partial charge is 0.491 e. The van der Waals surface area contributed by atoms with Crippen molar-refractivity contribution in [2.75, 3.05) is 26.2 Å². The van der Waals surface area contributed by atoms with Gasteiger partial charge in [-0.15, -0.1) is 0 Å². The van der Waals surface area contributed by atoms with E-state index in [4.69, 9.17) is 25.9 Å². The Labute approximate surface area is 150 Å². The average Bonchev–Trinajstić information content (AvgIpc) is 2.99. The lowest BCUT2D eigenvalue weighted by Gasteiger charge is -2.15. The van der Waals surface area contributed by atoms with Gasteiger partial charge in [0.1, 0.15) is 18.4 Å². The Balaban J connectivity index is 2.01. The highest BCUT2D eigenvalue weighted by molar-refractivity contribution is 5.27. The van der Waals surface area contributed by atoms with Crippen LogP contribution in [0.25, 0.3) is 0 Å². The second kappa shape index (κ2) is 9.13. The van der Waals surface area contributed by atoms with Crippen LogP contribution in [0.2, 0.25) is 0 Å². The molecule has 124 valence electrons. The van der Waals surface area contributed by atoms with Crippen LogP contribution in [0.15, 0.2) is 24.3 Å². The quantitative estimate of drug-likeness (QED) is 0.657. The van der Waals surface area contributed by atoms with Gasteiger partial charge in [-0.3, -0.25) is 0 Å². The van der Waals surface area contributed by atoms with E-state index in [0.29, 0.717) is 5.56 Å². The molecule has 1 aliphatic carbocycles. The third-order valence-electron chi connectivity index (χ3n) is 2.59. The lowest BCUT2D eigenvalue weighted by atomic mass is 10.1. The summed E-state index contributed by atoms with van der Waals surface area (Å²) in [6.07, 6.45) is -8.63. The van der Waals surface area contributed by atoms with Crippen LogP contribution in [-0.2, 0) is 11.2 Å².